The molecular formula is C24H34N4O5. The summed E-state index contributed by atoms with van der Waals surface area (Å²) in [6.07, 6.45) is 6.08. The van der Waals surface area contributed by atoms with Crippen molar-refractivity contribution in [1.82, 2.24) is 15.5 Å². The van der Waals surface area contributed by atoms with Gasteiger partial charge in [-0.15, -0.1) is 0 Å². The second-order valence-corrected chi connectivity index (χ2v) is 8.64. The number of ether oxygens (including phenoxy) is 1. The van der Waals surface area contributed by atoms with Crippen LogP contribution >= 0.6 is 0 Å². The second-order valence-electron chi connectivity index (χ2n) is 8.64. The quantitative estimate of drug-likeness (QED) is 0.486. The van der Waals surface area contributed by atoms with Crippen molar-refractivity contribution in [2.24, 2.45) is 0 Å². The van der Waals surface area contributed by atoms with Gasteiger partial charge < -0.3 is 20.7 Å². The summed E-state index contributed by atoms with van der Waals surface area (Å²) >= 11 is 0. The van der Waals surface area contributed by atoms with E-state index in [4.69, 9.17) is 4.74 Å². The largest absolute Gasteiger partial charge is 0.466 e. The average Bonchev–Trinajstić information content (AvgIpc) is 2.80. The average molecular weight is 459 g/mol. The molecule has 0 aromatic heterocycles. The van der Waals surface area contributed by atoms with Crippen LogP contribution in [0.5, 0.6) is 0 Å². The van der Waals surface area contributed by atoms with Crippen LogP contribution in [0, 0.1) is 0 Å². The first-order chi connectivity index (χ1) is 16.0. The zero-order valence-electron chi connectivity index (χ0n) is 19.2. The van der Waals surface area contributed by atoms with Gasteiger partial charge in [0, 0.05) is 30.4 Å². The Balaban J connectivity index is 1.56. The summed E-state index contributed by atoms with van der Waals surface area (Å²) in [4.78, 5) is 51.3. The van der Waals surface area contributed by atoms with Crippen molar-refractivity contribution >= 4 is 29.4 Å². The lowest BCUT2D eigenvalue weighted by Crippen LogP contribution is -2.57. The van der Waals surface area contributed by atoms with Gasteiger partial charge in [0.05, 0.1) is 19.6 Å². The predicted octanol–water partition coefficient (Wildman–Crippen LogP) is 1.83. The number of hydrogen-bond donors (Lipinski definition) is 3. The van der Waals surface area contributed by atoms with Crippen LogP contribution in [0.15, 0.2) is 24.3 Å². The van der Waals surface area contributed by atoms with Crippen LogP contribution in [0.4, 0.5) is 5.69 Å². The number of carbonyl (C=O) groups excluding carboxylic acids is 4. The number of rotatable bonds is 9. The fourth-order valence-corrected chi connectivity index (χ4v) is 4.24. The number of benzene rings is 1. The Morgan fingerprint density at radius 3 is 2.73 bits per heavy atom. The number of anilines is 1. The molecule has 3 amide bonds. The predicted molar refractivity (Wildman–Crippen MR) is 124 cm³/mol. The van der Waals surface area contributed by atoms with Gasteiger partial charge in [-0.05, 0) is 37.5 Å². The Bertz CT molecular complexity index is 853. The Kier molecular flexibility index (Phi) is 9.24. The van der Waals surface area contributed by atoms with Gasteiger partial charge in [0.25, 0.3) is 5.91 Å². The fourth-order valence-electron chi connectivity index (χ4n) is 4.24. The van der Waals surface area contributed by atoms with E-state index >= 15 is 0 Å². The minimum atomic E-state index is -0.749. The third kappa shape index (κ3) is 7.56. The van der Waals surface area contributed by atoms with E-state index in [2.05, 4.69) is 16.0 Å². The maximum Gasteiger partial charge on any atom is 0.307 e. The van der Waals surface area contributed by atoms with E-state index in [0.717, 1.165) is 25.7 Å². The van der Waals surface area contributed by atoms with Crippen molar-refractivity contribution in [1.29, 1.82) is 0 Å². The van der Waals surface area contributed by atoms with E-state index < -0.39 is 12.0 Å². The Morgan fingerprint density at radius 1 is 1.18 bits per heavy atom. The molecular weight excluding hydrogens is 424 g/mol. The zero-order valence-corrected chi connectivity index (χ0v) is 19.2. The molecule has 1 aromatic carbocycles. The molecule has 180 valence electrons. The van der Waals surface area contributed by atoms with Crippen LogP contribution in [0.25, 0.3) is 0 Å². The van der Waals surface area contributed by atoms with Crippen LogP contribution in [0.1, 0.15) is 62.2 Å². The molecule has 0 spiro atoms. The van der Waals surface area contributed by atoms with E-state index in [9.17, 15) is 19.2 Å². The smallest absolute Gasteiger partial charge is 0.307 e. The van der Waals surface area contributed by atoms with E-state index in [-0.39, 0.29) is 36.7 Å². The molecule has 1 aliphatic heterocycles. The Morgan fingerprint density at radius 2 is 1.97 bits per heavy atom. The van der Waals surface area contributed by atoms with Crippen LogP contribution in [0.2, 0.25) is 0 Å². The molecule has 3 N–H and O–H groups in total. The zero-order chi connectivity index (χ0) is 23.6. The molecule has 0 radical (unpaired) electrons. The molecule has 1 saturated carbocycles. The van der Waals surface area contributed by atoms with Crippen molar-refractivity contribution in [3.8, 4) is 0 Å². The Hall–Kier alpha value is -2.94. The van der Waals surface area contributed by atoms with E-state index in [0.29, 0.717) is 37.4 Å². The molecule has 33 heavy (non-hydrogen) atoms. The fraction of sp³-hybridized carbons (Fsp3) is 0.583. The SMILES string of the molecule is CCCOC(=O)CC1C(=O)NCCN1CC(=O)Nc1cccc(C(=O)NC2CCCCC2)c1. The topological polar surface area (TPSA) is 117 Å². The van der Waals surface area contributed by atoms with Gasteiger partial charge in [-0.3, -0.25) is 24.1 Å². The van der Waals surface area contributed by atoms with Crippen LogP contribution in [-0.2, 0) is 19.1 Å². The molecule has 0 bridgehead atoms. The summed E-state index contributed by atoms with van der Waals surface area (Å²) in [6.45, 7) is 3.01. The first-order valence-electron chi connectivity index (χ1n) is 11.8. The summed E-state index contributed by atoms with van der Waals surface area (Å²) in [5.74, 6) is -1.21. The Labute approximate surface area is 194 Å². The van der Waals surface area contributed by atoms with Gasteiger partial charge >= 0.3 is 5.97 Å². The van der Waals surface area contributed by atoms with E-state index in [1.54, 1.807) is 29.2 Å². The third-order valence-electron chi connectivity index (χ3n) is 5.96. The van der Waals surface area contributed by atoms with Gasteiger partial charge in [0.1, 0.15) is 6.04 Å². The first-order valence-corrected chi connectivity index (χ1v) is 11.8. The first kappa shape index (κ1) is 24.7. The molecule has 1 aromatic rings. The number of esters is 1. The number of nitrogens with one attached hydrogen (secondary N) is 3. The number of piperazine rings is 1. The van der Waals surface area contributed by atoms with Crippen LogP contribution < -0.4 is 16.0 Å². The third-order valence-corrected chi connectivity index (χ3v) is 5.96. The molecule has 1 aliphatic carbocycles. The molecule has 2 fully saturated rings. The van der Waals surface area contributed by atoms with Crippen LogP contribution in [0.3, 0.4) is 0 Å². The molecule has 2 aliphatic rings. The number of hydrogen-bond acceptors (Lipinski definition) is 6. The molecule has 1 saturated heterocycles. The molecule has 1 unspecified atom stereocenters. The van der Waals surface area contributed by atoms with E-state index in [1.807, 2.05) is 6.92 Å². The maximum atomic E-state index is 12.7. The normalized spacial score (nSPS) is 19.4. The van der Waals surface area contributed by atoms with Gasteiger partial charge in [0.2, 0.25) is 11.8 Å². The lowest BCUT2D eigenvalue weighted by molar-refractivity contribution is -0.148. The molecule has 1 heterocycles. The lowest BCUT2D eigenvalue weighted by atomic mass is 9.95. The molecule has 1 atom stereocenters. The molecule has 9 nitrogen and oxygen atoms in total. The van der Waals surface area contributed by atoms with Crippen molar-refractivity contribution in [3.05, 3.63) is 29.8 Å². The highest BCUT2D eigenvalue weighted by molar-refractivity contribution is 5.98. The highest BCUT2D eigenvalue weighted by atomic mass is 16.5. The van der Waals surface area contributed by atoms with Gasteiger partial charge in [-0.25, -0.2) is 0 Å². The molecule has 3 rings (SSSR count). The monoisotopic (exact) mass is 458 g/mol. The van der Waals surface area contributed by atoms with Crippen LogP contribution in [-0.4, -0.2) is 66.9 Å². The summed E-state index contributed by atoms with van der Waals surface area (Å²) in [5.41, 5.74) is 1.00. The minimum Gasteiger partial charge on any atom is -0.466 e. The van der Waals surface area contributed by atoms with Gasteiger partial charge in [-0.1, -0.05) is 32.3 Å². The number of carbonyl (C=O) groups is 4. The standard InChI is InChI=1S/C24H34N4O5/c1-2-13-33-22(30)15-20-24(32)25-11-12-28(20)16-21(29)26-19-10-6-7-17(14-19)23(31)27-18-8-4-3-5-9-18/h6-7,10,14,18,20H,2-5,8-9,11-13,15-16H2,1H3,(H,25,32)(H,26,29)(H,27,31). The van der Waals surface area contributed by atoms with E-state index in [1.165, 1.54) is 6.42 Å². The van der Waals surface area contributed by atoms with Crippen molar-refractivity contribution in [2.75, 3.05) is 31.6 Å². The molecule has 9 heteroatoms. The van der Waals surface area contributed by atoms with Crippen molar-refractivity contribution in [3.63, 3.8) is 0 Å². The number of amides is 3. The maximum absolute atomic E-state index is 12.7. The highest BCUT2D eigenvalue weighted by Crippen LogP contribution is 2.19. The summed E-state index contributed by atoms with van der Waals surface area (Å²) in [6, 6.07) is 6.28. The highest BCUT2D eigenvalue weighted by Gasteiger charge is 2.33. The minimum absolute atomic E-state index is 0.0440. The van der Waals surface area contributed by atoms with Gasteiger partial charge in [0.15, 0.2) is 0 Å². The van der Waals surface area contributed by atoms with Crippen molar-refractivity contribution in [2.45, 2.75) is 64.0 Å². The number of nitrogens with zero attached hydrogens (tertiary/aromatic N) is 1. The summed E-state index contributed by atoms with van der Waals surface area (Å²) < 4.78 is 5.10. The lowest BCUT2D eigenvalue weighted by Gasteiger charge is -2.33. The second kappa shape index (κ2) is 12.3. The van der Waals surface area contributed by atoms with Gasteiger partial charge in [-0.2, -0.15) is 0 Å². The van der Waals surface area contributed by atoms with Crippen molar-refractivity contribution < 1.29 is 23.9 Å². The summed E-state index contributed by atoms with van der Waals surface area (Å²) in [7, 11) is 0. The summed E-state index contributed by atoms with van der Waals surface area (Å²) in [5, 5.41) is 8.61.